The average Bonchev–Trinajstić information content (AvgIpc) is 3.43. The maximum Gasteiger partial charge on any atom is 0.416 e. The smallest absolute Gasteiger partial charge is 0.272 e. The number of fused-ring (bicyclic) bond motifs is 2. The monoisotopic (exact) mass is 406 g/mol. The number of nitrogens with zero attached hydrogens (tertiary/aromatic N) is 1. The minimum atomic E-state index is -4.51. The van der Waals surface area contributed by atoms with E-state index in [0.717, 1.165) is 35.7 Å². The van der Waals surface area contributed by atoms with Gasteiger partial charge in [0.15, 0.2) is 0 Å². The molecular formula is C21H21F3N2O3. The van der Waals surface area contributed by atoms with E-state index in [2.05, 4.69) is 5.43 Å². The van der Waals surface area contributed by atoms with Crippen LogP contribution in [0.3, 0.4) is 0 Å². The van der Waals surface area contributed by atoms with Gasteiger partial charge in [-0.25, -0.2) is 0 Å². The van der Waals surface area contributed by atoms with Crippen molar-refractivity contribution in [1.29, 1.82) is 0 Å². The highest BCUT2D eigenvalue weighted by atomic mass is 19.4. The maximum absolute atomic E-state index is 13.0. The fourth-order valence-electron chi connectivity index (χ4n) is 5.06. The first kappa shape index (κ1) is 19.7. The third-order valence-electron chi connectivity index (χ3n) is 6.54. The second-order valence-corrected chi connectivity index (χ2v) is 8.11. The molecule has 2 saturated carbocycles. The number of hydrogen-bond acceptors (Lipinski definition) is 3. The number of imide groups is 1. The molecule has 8 heteroatoms. The van der Waals surface area contributed by atoms with Crippen molar-refractivity contribution in [3.05, 3.63) is 47.5 Å². The van der Waals surface area contributed by atoms with Crippen molar-refractivity contribution in [2.75, 3.05) is 0 Å². The molecule has 29 heavy (non-hydrogen) atoms. The minimum Gasteiger partial charge on any atom is -0.272 e. The molecule has 1 aliphatic heterocycles. The van der Waals surface area contributed by atoms with Crippen LogP contribution in [-0.2, 0) is 15.8 Å². The van der Waals surface area contributed by atoms with Crippen LogP contribution in [0.1, 0.15) is 36.2 Å². The number of hydrogen-bond donors (Lipinski definition) is 1. The van der Waals surface area contributed by atoms with Crippen LogP contribution in [0.5, 0.6) is 0 Å². The van der Waals surface area contributed by atoms with Crippen LogP contribution in [0.4, 0.5) is 13.2 Å². The largest absolute Gasteiger partial charge is 0.416 e. The van der Waals surface area contributed by atoms with E-state index < -0.39 is 41.3 Å². The Labute approximate surface area is 165 Å². The predicted octanol–water partition coefficient (Wildman–Crippen LogP) is 3.43. The fraction of sp³-hybridized carbons (Fsp3) is 0.476. The first-order chi connectivity index (χ1) is 13.6. The first-order valence-electron chi connectivity index (χ1n) is 9.64. The van der Waals surface area contributed by atoms with Gasteiger partial charge in [-0.3, -0.25) is 19.8 Å². The summed E-state index contributed by atoms with van der Waals surface area (Å²) in [5.41, 5.74) is 1.37. The highest BCUT2D eigenvalue weighted by Crippen LogP contribution is 2.62. The summed E-state index contributed by atoms with van der Waals surface area (Å²) in [5.74, 6) is -1.87. The van der Waals surface area contributed by atoms with E-state index in [1.54, 1.807) is 0 Å². The standard InChI is InChI=1S/C21H21F3N2O3/c1-3-4-13-15-9-14(15)10(2)16-17(13)20(29)26(19(16)28)25-18(27)11-5-7-12(8-6-11)21(22,23)24/h3-8,10,13-17H,9H2,1-2H3,(H,25,27)/b4-3-/t10?,13?,14-,15+,16?,17-/m1/s1. The van der Waals surface area contributed by atoms with Crippen molar-refractivity contribution in [3.63, 3.8) is 0 Å². The number of hydrazine groups is 1. The molecule has 5 nitrogen and oxygen atoms in total. The van der Waals surface area contributed by atoms with Gasteiger partial charge in [-0.1, -0.05) is 19.1 Å². The minimum absolute atomic E-state index is 0.0318. The number of benzene rings is 1. The zero-order chi connectivity index (χ0) is 21.1. The Bertz CT molecular complexity index is 893. The van der Waals surface area contributed by atoms with Gasteiger partial charge in [0.25, 0.3) is 17.7 Å². The van der Waals surface area contributed by atoms with E-state index in [0.29, 0.717) is 11.8 Å². The second-order valence-electron chi connectivity index (χ2n) is 8.11. The van der Waals surface area contributed by atoms with Crippen LogP contribution in [-0.4, -0.2) is 22.7 Å². The summed E-state index contributed by atoms with van der Waals surface area (Å²) >= 11 is 0. The number of carbonyl (C=O) groups excluding carboxylic acids is 3. The summed E-state index contributed by atoms with van der Waals surface area (Å²) in [4.78, 5) is 38.4. The van der Waals surface area contributed by atoms with Crippen LogP contribution >= 0.6 is 0 Å². The molecule has 0 aromatic heterocycles. The lowest BCUT2D eigenvalue weighted by Crippen LogP contribution is -2.47. The molecule has 3 amide bonds. The Hall–Kier alpha value is -2.64. The van der Waals surface area contributed by atoms with Crippen molar-refractivity contribution in [2.24, 2.45) is 35.5 Å². The lowest BCUT2D eigenvalue weighted by Gasteiger charge is -2.32. The zero-order valence-corrected chi connectivity index (χ0v) is 15.9. The van der Waals surface area contributed by atoms with Crippen molar-refractivity contribution in [2.45, 2.75) is 26.4 Å². The molecule has 1 heterocycles. The first-order valence-corrected chi connectivity index (χ1v) is 9.64. The van der Waals surface area contributed by atoms with Crippen molar-refractivity contribution < 1.29 is 27.6 Å². The molecule has 1 saturated heterocycles. The van der Waals surface area contributed by atoms with Crippen LogP contribution in [0.2, 0.25) is 0 Å². The lowest BCUT2D eigenvalue weighted by atomic mass is 9.68. The number of halogens is 3. The van der Waals surface area contributed by atoms with E-state index in [-0.39, 0.29) is 17.4 Å². The average molecular weight is 406 g/mol. The normalized spacial score (nSPS) is 33.6. The SMILES string of the molecule is C/C=C\C1[C@H]2C(=O)N(NC(=O)c3ccc(C(F)(F)F)cc3)C(=O)C2C(C)[C@H]2C[C@@H]12. The number of allylic oxidation sites excluding steroid dienone is 2. The molecule has 4 rings (SSSR count). The van der Waals surface area contributed by atoms with E-state index in [9.17, 15) is 27.6 Å². The zero-order valence-electron chi connectivity index (χ0n) is 15.9. The van der Waals surface area contributed by atoms with Crippen molar-refractivity contribution in [3.8, 4) is 0 Å². The van der Waals surface area contributed by atoms with Gasteiger partial charge in [-0.05, 0) is 61.3 Å². The van der Waals surface area contributed by atoms with Crippen molar-refractivity contribution in [1.82, 2.24) is 10.4 Å². The third kappa shape index (κ3) is 3.14. The molecule has 0 spiro atoms. The number of alkyl halides is 3. The molecule has 2 aliphatic carbocycles. The summed E-state index contributed by atoms with van der Waals surface area (Å²) in [6, 6.07) is 3.63. The molecule has 154 valence electrons. The molecular weight excluding hydrogens is 385 g/mol. The fourth-order valence-corrected chi connectivity index (χ4v) is 5.06. The van der Waals surface area contributed by atoms with Gasteiger partial charge in [0.2, 0.25) is 0 Å². The van der Waals surface area contributed by atoms with Crippen molar-refractivity contribution >= 4 is 17.7 Å². The molecule has 1 aromatic carbocycles. The lowest BCUT2D eigenvalue weighted by molar-refractivity contribution is -0.143. The van der Waals surface area contributed by atoms with E-state index in [1.807, 2.05) is 26.0 Å². The molecule has 0 radical (unpaired) electrons. The summed E-state index contributed by atoms with van der Waals surface area (Å²) in [6.45, 7) is 3.84. The molecule has 0 bridgehead atoms. The molecule has 3 aliphatic rings. The number of nitrogens with one attached hydrogen (secondary N) is 1. The summed E-state index contributed by atoms with van der Waals surface area (Å²) < 4.78 is 38.1. The molecule has 6 atom stereocenters. The maximum atomic E-state index is 13.0. The van der Waals surface area contributed by atoms with E-state index in [4.69, 9.17) is 0 Å². The predicted molar refractivity (Wildman–Crippen MR) is 96.8 cm³/mol. The number of amides is 3. The number of carbonyl (C=O) groups is 3. The van der Waals surface area contributed by atoms with Gasteiger partial charge < -0.3 is 0 Å². The number of rotatable bonds is 3. The van der Waals surface area contributed by atoms with Gasteiger partial charge in [-0.2, -0.15) is 18.2 Å². The van der Waals surface area contributed by atoms with Gasteiger partial charge in [0.1, 0.15) is 0 Å². The third-order valence-corrected chi connectivity index (χ3v) is 6.54. The topological polar surface area (TPSA) is 66.5 Å². The molecule has 3 fully saturated rings. The summed E-state index contributed by atoms with van der Waals surface area (Å²) in [7, 11) is 0. The van der Waals surface area contributed by atoms with Crippen LogP contribution in [0.15, 0.2) is 36.4 Å². The van der Waals surface area contributed by atoms with Gasteiger partial charge in [-0.15, -0.1) is 0 Å². The second kappa shape index (κ2) is 6.71. The Morgan fingerprint density at radius 1 is 1.10 bits per heavy atom. The van der Waals surface area contributed by atoms with Gasteiger partial charge in [0, 0.05) is 5.56 Å². The molecule has 1 aromatic rings. The summed E-state index contributed by atoms with van der Waals surface area (Å²) in [5, 5.41) is 0.771. The highest BCUT2D eigenvalue weighted by Gasteiger charge is 2.64. The van der Waals surface area contributed by atoms with E-state index in [1.165, 1.54) is 0 Å². The van der Waals surface area contributed by atoms with Crippen LogP contribution in [0.25, 0.3) is 0 Å². The Balaban J connectivity index is 1.54. The van der Waals surface area contributed by atoms with Gasteiger partial charge >= 0.3 is 6.18 Å². The van der Waals surface area contributed by atoms with E-state index >= 15 is 0 Å². The van der Waals surface area contributed by atoms with Gasteiger partial charge in [0.05, 0.1) is 17.4 Å². The van der Waals surface area contributed by atoms with Crippen LogP contribution < -0.4 is 5.43 Å². The molecule has 1 N–H and O–H groups in total. The van der Waals surface area contributed by atoms with Crippen LogP contribution in [0, 0.1) is 35.5 Å². The molecule has 3 unspecified atom stereocenters. The quantitative estimate of drug-likeness (QED) is 0.618. The Morgan fingerprint density at radius 3 is 2.31 bits per heavy atom. The summed E-state index contributed by atoms with van der Waals surface area (Å²) in [6.07, 6.45) is 0.348. The highest BCUT2D eigenvalue weighted by molar-refractivity contribution is 6.08. The Morgan fingerprint density at radius 2 is 1.72 bits per heavy atom. The Kier molecular flexibility index (Phi) is 4.55.